The van der Waals surface area contributed by atoms with Gasteiger partial charge < -0.3 is 24.2 Å². The van der Waals surface area contributed by atoms with Crippen LogP contribution < -0.4 is 14.8 Å². The number of aryl methyl sites for hydroxylation is 1. The molecule has 6 rings (SSSR count). The molecular formula is C31H29FN6O6S. The van der Waals surface area contributed by atoms with Crippen LogP contribution >= 0.6 is 11.3 Å². The van der Waals surface area contributed by atoms with Gasteiger partial charge in [0.05, 0.1) is 52.5 Å². The summed E-state index contributed by atoms with van der Waals surface area (Å²) in [6.45, 7) is 4.20. The Labute approximate surface area is 260 Å². The first-order valence-corrected chi connectivity index (χ1v) is 14.9. The lowest BCUT2D eigenvalue weighted by Crippen LogP contribution is -2.30. The van der Waals surface area contributed by atoms with Gasteiger partial charge in [-0.15, -0.1) is 11.3 Å². The Morgan fingerprint density at radius 1 is 1.16 bits per heavy atom. The van der Waals surface area contributed by atoms with Crippen LogP contribution in [0, 0.1) is 12.7 Å². The topological polar surface area (TPSA) is 149 Å². The van der Waals surface area contributed by atoms with E-state index < -0.39 is 24.1 Å². The Morgan fingerprint density at radius 3 is 2.73 bits per heavy atom. The average Bonchev–Trinajstić information content (AvgIpc) is 3.64. The Balaban J connectivity index is 1.08. The van der Waals surface area contributed by atoms with Gasteiger partial charge in [0.2, 0.25) is 5.88 Å². The predicted molar refractivity (Wildman–Crippen MR) is 165 cm³/mol. The number of benzene rings is 2. The number of methoxy groups -OCH3 is 1. The smallest absolute Gasteiger partial charge is 0.412 e. The molecular weight excluding hydrogens is 603 g/mol. The third kappa shape index (κ3) is 6.61. The number of hydrogen-bond acceptors (Lipinski definition) is 11. The van der Waals surface area contributed by atoms with Crippen molar-refractivity contribution < 1.29 is 33.3 Å². The first-order chi connectivity index (χ1) is 21.7. The minimum atomic E-state index is -0.760. The fourth-order valence-corrected chi connectivity index (χ4v) is 5.91. The number of halogens is 1. The van der Waals surface area contributed by atoms with Crippen molar-refractivity contribution in [1.29, 1.82) is 0 Å². The molecule has 5 aromatic rings. The highest BCUT2D eigenvalue weighted by atomic mass is 32.1. The van der Waals surface area contributed by atoms with Crippen molar-refractivity contribution in [3.8, 4) is 22.2 Å². The lowest BCUT2D eigenvalue weighted by Gasteiger charge is -2.16. The van der Waals surface area contributed by atoms with E-state index in [9.17, 15) is 19.1 Å². The third-order valence-corrected chi connectivity index (χ3v) is 8.16. The van der Waals surface area contributed by atoms with Crippen LogP contribution in [0.2, 0.25) is 0 Å². The van der Waals surface area contributed by atoms with Gasteiger partial charge in [-0.25, -0.2) is 29.1 Å². The molecule has 2 aromatic carbocycles. The molecule has 0 aliphatic carbocycles. The van der Waals surface area contributed by atoms with Gasteiger partial charge >= 0.3 is 6.09 Å². The minimum absolute atomic E-state index is 0.00200. The second-order valence-electron chi connectivity index (χ2n) is 10.6. The maximum absolute atomic E-state index is 15.0. The second kappa shape index (κ2) is 12.6. The molecule has 0 saturated carbocycles. The van der Waals surface area contributed by atoms with E-state index in [0.29, 0.717) is 50.8 Å². The Bertz CT molecular complexity index is 1900. The monoisotopic (exact) mass is 632 g/mol. The van der Waals surface area contributed by atoms with Gasteiger partial charge in [-0.2, -0.15) is 0 Å². The largest absolute Gasteiger partial charge is 0.487 e. The van der Waals surface area contributed by atoms with Gasteiger partial charge in [-0.3, -0.25) is 10.1 Å². The van der Waals surface area contributed by atoms with Crippen LogP contribution in [0.1, 0.15) is 29.4 Å². The highest BCUT2D eigenvalue weighted by Gasteiger charge is 2.26. The standard InChI is InChI=1S/C31H29FN6O6S/c1-16-8-20(28-24(9-16)36-27(42-3)13-34-28)29-37-23-10-21(32)25(11-26(23)45-29)43-15-17(2)44-31(41)35-18-4-5-22(33-12-18)30(40)38-7-6-19(39)14-38/h4-5,8-13,17,19,39H,6-7,14-15H2,1-3H3,(H,35,41)/t17?,19-/m1/s1. The molecule has 45 heavy (non-hydrogen) atoms. The Kier molecular flexibility index (Phi) is 8.41. The second-order valence-corrected chi connectivity index (χ2v) is 11.7. The molecule has 0 radical (unpaired) electrons. The number of aromatic nitrogens is 4. The molecule has 4 heterocycles. The van der Waals surface area contributed by atoms with Crippen LogP contribution in [0.3, 0.4) is 0 Å². The van der Waals surface area contributed by atoms with Gasteiger partial charge in [0, 0.05) is 30.8 Å². The van der Waals surface area contributed by atoms with E-state index in [2.05, 4.69) is 25.3 Å². The number of thiazole rings is 1. The highest BCUT2D eigenvalue weighted by Crippen LogP contribution is 2.37. The SMILES string of the molecule is COc1cnc2c(-c3nc4cc(F)c(OCC(C)OC(=O)Nc5ccc(C(=O)N6CC[C@@H](O)C6)nc5)cc4s3)cc(C)cc2n1. The highest BCUT2D eigenvalue weighted by molar-refractivity contribution is 7.21. The molecule has 2 atom stereocenters. The van der Waals surface area contributed by atoms with Gasteiger partial charge in [-0.1, -0.05) is 0 Å². The number of fused-ring (bicyclic) bond motifs is 2. The van der Waals surface area contributed by atoms with Crippen LogP contribution in [-0.2, 0) is 4.74 Å². The number of nitrogens with one attached hydrogen (secondary N) is 1. The number of anilines is 1. The third-order valence-electron chi connectivity index (χ3n) is 7.11. The van der Waals surface area contributed by atoms with E-state index in [0.717, 1.165) is 11.1 Å². The fourth-order valence-electron chi connectivity index (χ4n) is 4.92. The van der Waals surface area contributed by atoms with Gasteiger partial charge in [0.1, 0.15) is 23.4 Å². The van der Waals surface area contributed by atoms with Crippen molar-refractivity contribution in [1.82, 2.24) is 24.8 Å². The zero-order chi connectivity index (χ0) is 31.7. The molecule has 2 N–H and O–H groups in total. The van der Waals surface area contributed by atoms with Gasteiger partial charge in [0.25, 0.3) is 5.91 Å². The van der Waals surface area contributed by atoms with E-state index >= 15 is 0 Å². The number of carbonyl (C=O) groups is 2. The number of rotatable bonds is 8. The Morgan fingerprint density at radius 2 is 2.00 bits per heavy atom. The van der Waals surface area contributed by atoms with Gasteiger partial charge in [-0.05, 0) is 50.1 Å². The molecule has 12 nitrogen and oxygen atoms in total. The zero-order valence-corrected chi connectivity index (χ0v) is 25.4. The van der Waals surface area contributed by atoms with Crippen molar-refractivity contribution in [2.45, 2.75) is 32.5 Å². The summed E-state index contributed by atoms with van der Waals surface area (Å²) in [4.78, 5) is 44.2. The fraction of sp³-hybridized carbons (Fsp3) is 0.290. The van der Waals surface area contributed by atoms with E-state index in [-0.39, 0.29) is 30.5 Å². The van der Waals surface area contributed by atoms with Crippen LogP contribution in [0.4, 0.5) is 14.9 Å². The van der Waals surface area contributed by atoms with Crippen LogP contribution in [0.25, 0.3) is 31.8 Å². The number of likely N-dealkylation sites (tertiary alicyclic amines) is 1. The normalized spacial score (nSPS) is 15.3. The molecule has 0 spiro atoms. The Hall–Kier alpha value is -4.95. The number of amides is 2. The summed E-state index contributed by atoms with van der Waals surface area (Å²) in [6.07, 6.45) is 1.42. The van der Waals surface area contributed by atoms with Crippen LogP contribution in [0.15, 0.2) is 48.8 Å². The molecule has 1 aliphatic heterocycles. The van der Waals surface area contributed by atoms with Crippen molar-refractivity contribution in [2.75, 3.05) is 32.1 Å². The van der Waals surface area contributed by atoms with Crippen molar-refractivity contribution in [3.63, 3.8) is 0 Å². The summed E-state index contributed by atoms with van der Waals surface area (Å²) >= 11 is 1.37. The summed E-state index contributed by atoms with van der Waals surface area (Å²) in [5, 5.41) is 12.9. The number of aliphatic hydroxyl groups excluding tert-OH is 1. The number of hydrogen-bond donors (Lipinski definition) is 2. The summed E-state index contributed by atoms with van der Waals surface area (Å²) in [5.41, 5.74) is 4.08. The molecule has 2 amide bonds. The van der Waals surface area contributed by atoms with E-state index in [1.54, 1.807) is 19.2 Å². The maximum Gasteiger partial charge on any atom is 0.412 e. The summed E-state index contributed by atoms with van der Waals surface area (Å²) in [7, 11) is 1.53. The molecule has 3 aromatic heterocycles. The number of pyridine rings is 1. The zero-order valence-electron chi connectivity index (χ0n) is 24.6. The van der Waals surface area contributed by atoms with E-state index in [1.165, 1.54) is 47.7 Å². The lowest BCUT2D eigenvalue weighted by atomic mass is 10.1. The molecule has 1 unspecified atom stereocenters. The maximum atomic E-state index is 15.0. The summed E-state index contributed by atoms with van der Waals surface area (Å²) < 4.78 is 31.9. The molecule has 14 heteroatoms. The van der Waals surface area contributed by atoms with E-state index in [4.69, 9.17) is 14.2 Å². The predicted octanol–water partition coefficient (Wildman–Crippen LogP) is 4.98. The quantitative estimate of drug-likeness (QED) is 0.240. The van der Waals surface area contributed by atoms with Crippen molar-refractivity contribution in [2.24, 2.45) is 0 Å². The average molecular weight is 633 g/mol. The summed E-state index contributed by atoms with van der Waals surface area (Å²) in [5.74, 6) is -0.478. The lowest BCUT2D eigenvalue weighted by molar-refractivity contribution is 0.0759. The number of carbonyl (C=O) groups excluding carboxylic acids is 2. The molecule has 1 fully saturated rings. The van der Waals surface area contributed by atoms with E-state index in [1.807, 2.05) is 19.1 Å². The molecule has 1 aliphatic rings. The first kappa shape index (κ1) is 30.1. The summed E-state index contributed by atoms with van der Waals surface area (Å²) in [6, 6.07) is 9.78. The molecule has 1 saturated heterocycles. The number of nitrogens with zero attached hydrogens (tertiary/aromatic N) is 5. The minimum Gasteiger partial charge on any atom is -0.487 e. The number of aliphatic hydroxyl groups is 1. The van der Waals surface area contributed by atoms with Crippen LogP contribution in [0.5, 0.6) is 11.6 Å². The number of β-amino-alcohol motifs (C(OH)–C–C–N with tert-alkyl or cyclic N) is 1. The first-order valence-electron chi connectivity index (χ1n) is 14.1. The van der Waals surface area contributed by atoms with Gasteiger partial charge in [0.15, 0.2) is 11.6 Å². The molecule has 232 valence electrons. The molecule has 0 bridgehead atoms. The van der Waals surface area contributed by atoms with Crippen LogP contribution in [-0.4, -0.2) is 81.0 Å². The number of ether oxygens (including phenoxy) is 3. The van der Waals surface area contributed by atoms with Crippen molar-refractivity contribution >= 4 is 50.3 Å². The van der Waals surface area contributed by atoms with Crippen molar-refractivity contribution in [3.05, 3.63) is 65.9 Å².